The highest BCUT2D eigenvalue weighted by atomic mass is 35.5. The molecule has 32 heavy (non-hydrogen) atoms. The Hall–Kier alpha value is -3.19. The fraction of sp³-hybridized carbons (Fsp3) is 0.292. The third kappa shape index (κ3) is 3.77. The summed E-state index contributed by atoms with van der Waals surface area (Å²) in [7, 11) is 0. The number of hydrogen-bond donors (Lipinski definition) is 1. The highest BCUT2D eigenvalue weighted by Crippen LogP contribution is 2.69. The minimum absolute atomic E-state index is 0.0112. The van der Waals surface area contributed by atoms with Crippen LogP contribution in [0.5, 0.6) is 5.75 Å². The second-order valence-electron chi connectivity index (χ2n) is 8.81. The molecule has 3 aliphatic rings. The maximum Gasteiger partial charge on any atom is 0.253 e. The summed E-state index contributed by atoms with van der Waals surface area (Å²) in [5.74, 6) is -0.479. The highest BCUT2D eigenvalue weighted by Gasteiger charge is 2.68. The average molecular weight is 454 g/mol. The van der Waals surface area contributed by atoms with Crippen molar-refractivity contribution in [1.82, 2.24) is 15.1 Å². The lowest BCUT2D eigenvalue weighted by molar-refractivity contribution is -0.162. The summed E-state index contributed by atoms with van der Waals surface area (Å²) in [5, 5.41) is 7.40. The smallest absolute Gasteiger partial charge is 0.253 e. The van der Waals surface area contributed by atoms with Gasteiger partial charge in [0.15, 0.2) is 5.78 Å². The van der Waals surface area contributed by atoms with E-state index >= 15 is 0 Å². The molecule has 8 heteroatoms. The molecule has 2 bridgehead atoms. The first-order chi connectivity index (χ1) is 15.4. The number of carbonyl (C=O) groups excluding carboxylic acids is 2. The third-order valence-electron chi connectivity index (χ3n) is 6.28. The first-order valence-electron chi connectivity index (χ1n) is 10.4. The summed E-state index contributed by atoms with van der Waals surface area (Å²) in [4.78, 5) is 25.3. The van der Waals surface area contributed by atoms with E-state index in [1.807, 2.05) is 24.3 Å². The molecule has 0 atom stereocenters. The summed E-state index contributed by atoms with van der Waals surface area (Å²) in [6, 6.07) is 13.3. The molecule has 1 aromatic heterocycles. The number of amides is 1. The Balaban J connectivity index is 1.14. The fourth-order valence-corrected chi connectivity index (χ4v) is 5.22. The van der Waals surface area contributed by atoms with E-state index in [0.29, 0.717) is 12.0 Å². The van der Waals surface area contributed by atoms with Crippen molar-refractivity contribution in [1.29, 1.82) is 0 Å². The number of ether oxygens (including phenoxy) is 1. The van der Waals surface area contributed by atoms with Crippen LogP contribution in [0.3, 0.4) is 0 Å². The van der Waals surface area contributed by atoms with Crippen LogP contribution in [0.2, 0.25) is 5.02 Å². The predicted octanol–water partition coefficient (Wildman–Crippen LogP) is 4.36. The van der Waals surface area contributed by atoms with Crippen LogP contribution in [0.1, 0.15) is 36.0 Å². The zero-order chi connectivity index (χ0) is 22.3. The van der Waals surface area contributed by atoms with Gasteiger partial charge in [-0.3, -0.25) is 9.59 Å². The van der Waals surface area contributed by atoms with Gasteiger partial charge in [0.05, 0.1) is 16.3 Å². The molecule has 0 saturated heterocycles. The maximum absolute atomic E-state index is 13.5. The van der Waals surface area contributed by atoms with Crippen LogP contribution in [-0.4, -0.2) is 33.6 Å². The molecule has 1 N–H and O–H groups in total. The lowest BCUT2D eigenvalue weighted by Gasteiger charge is -2.70. The minimum atomic E-state index is -0.581. The maximum atomic E-state index is 13.5. The molecule has 1 amide bonds. The number of nitrogens with one attached hydrogen (secondary N) is 1. The van der Waals surface area contributed by atoms with Crippen molar-refractivity contribution in [3.63, 3.8) is 0 Å². The number of halogens is 2. The first kappa shape index (κ1) is 20.7. The Bertz CT molecular complexity index is 1180. The molecular weight excluding hydrogens is 433 g/mol. The van der Waals surface area contributed by atoms with Gasteiger partial charge in [-0.25, -0.2) is 9.07 Å². The van der Waals surface area contributed by atoms with Gasteiger partial charge in [0.25, 0.3) is 5.91 Å². The van der Waals surface area contributed by atoms with Gasteiger partial charge in [-0.2, -0.15) is 5.10 Å². The average Bonchev–Trinajstić information content (AvgIpc) is 3.27. The molecule has 3 fully saturated rings. The normalized spacial score (nSPS) is 23.1. The Morgan fingerprint density at radius 3 is 2.66 bits per heavy atom. The minimum Gasteiger partial charge on any atom is -0.486 e. The number of para-hydroxylation sites is 1. The molecule has 164 valence electrons. The van der Waals surface area contributed by atoms with Gasteiger partial charge in [0, 0.05) is 30.4 Å². The summed E-state index contributed by atoms with van der Waals surface area (Å²) in [5.41, 5.74) is 0.979. The van der Waals surface area contributed by atoms with Crippen molar-refractivity contribution >= 4 is 23.3 Å². The van der Waals surface area contributed by atoms with Crippen molar-refractivity contribution in [3.8, 4) is 11.4 Å². The van der Waals surface area contributed by atoms with E-state index in [2.05, 4.69) is 10.4 Å². The van der Waals surface area contributed by atoms with Crippen LogP contribution in [0.25, 0.3) is 5.69 Å². The van der Waals surface area contributed by atoms with E-state index in [1.165, 1.54) is 18.2 Å². The van der Waals surface area contributed by atoms with Crippen LogP contribution in [0.15, 0.2) is 60.9 Å². The Kier molecular flexibility index (Phi) is 5.01. The SMILES string of the molecule is O=C(COc1ccc(Cl)c(F)c1)CC12CC(NC(=O)c3ccccc3-n3cccn3)(C1)C2. The largest absolute Gasteiger partial charge is 0.486 e. The summed E-state index contributed by atoms with van der Waals surface area (Å²) < 4.78 is 20.6. The number of nitrogens with zero attached hydrogens (tertiary/aromatic N) is 2. The van der Waals surface area contributed by atoms with Crippen molar-refractivity contribution < 1.29 is 18.7 Å². The van der Waals surface area contributed by atoms with Crippen molar-refractivity contribution in [3.05, 3.63) is 77.3 Å². The van der Waals surface area contributed by atoms with E-state index in [0.717, 1.165) is 24.9 Å². The molecule has 0 aliphatic heterocycles. The number of benzene rings is 2. The van der Waals surface area contributed by atoms with E-state index in [1.54, 1.807) is 23.1 Å². The molecular formula is C24H21ClFN3O3. The molecule has 0 unspecified atom stereocenters. The predicted molar refractivity (Wildman–Crippen MR) is 117 cm³/mol. The molecule has 0 spiro atoms. The van der Waals surface area contributed by atoms with Crippen LogP contribution in [0.4, 0.5) is 4.39 Å². The number of hydrogen-bond acceptors (Lipinski definition) is 4. The fourth-order valence-electron chi connectivity index (χ4n) is 5.10. The van der Waals surface area contributed by atoms with E-state index < -0.39 is 5.82 Å². The van der Waals surface area contributed by atoms with E-state index in [-0.39, 0.29) is 40.0 Å². The Labute approximate surface area is 189 Å². The molecule has 3 saturated carbocycles. The van der Waals surface area contributed by atoms with Crippen molar-refractivity contribution in [2.75, 3.05) is 6.61 Å². The summed E-state index contributed by atoms with van der Waals surface area (Å²) >= 11 is 5.65. The van der Waals surface area contributed by atoms with Gasteiger partial charge in [-0.05, 0) is 55.0 Å². The van der Waals surface area contributed by atoms with Crippen LogP contribution >= 0.6 is 11.6 Å². The number of aromatic nitrogens is 2. The van der Waals surface area contributed by atoms with Crippen LogP contribution in [0, 0.1) is 11.2 Å². The zero-order valence-electron chi connectivity index (χ0n) is 17.2. The zero-order valence-corrected chi connectivity index (χ0v) is 17.9. The van der Waals surface area contributed by atoms with E-state index in [4.69, 9.17) is 16.3 Å². The lowest BCUT2D eigenvalue weighted by atomic mass is 9.38. The quantitative estimate of drug-likeness (QED) is 0.550. The van der Waals surface area contributed by atoms with Crippen LogP contribution < -0.4 is 10.1 Å². The van der Waals surface area contributed by atoms with Gasteiger partial charge >= 0.3 is 0 Å². The third-order valence-corrected chi connectivity index (χ3v) is 6.59. The number of ketones is 1. The van der Waals surface area contributed by atoms with Gasteiger partial charge in [-0.15, -0.1) is 0 Å². The summed E-state index contributed by atoms with van der Waals surface area (Å²) in [6.45, 7) is -0.112. The topological polar surface area (TPSA) is 73.2 Å². The molecule has 6 rings (SSSR count). The number of carbonyl (C=O) groups is 2. The van der Waals surface area contributed by atoms with Gasteiger partial charge in [0.1, 0.15) is 18.2 Å². The first-order valence-corrected chi connectivity index (χ1v) is 10.8. The standard InChI is InChI=1S/C24H21ClFN3O3/c25-19-7-6-17(10-20(19)26)32-12-16(30)11-23-13-24(14-23,15-23)28-22(31)18-4-1-2-5-21(18)29-9-3-8-27-29/h1-10H,11-15H2,(H,28,31). The second kappa shape index (κ2) is 7.74. The molecule has 1 heterocycles. The molecule has 2 aromatic carbocycles. The Morgan fingerprint density at radius 1 is 1.16 bits per heavy atom. The van der Waals surface area contributed by atoms with Gasteiger partial charge in [-0.1, -0.05) is 23.7 Å². The monoisotopic (exact) mass is 453 g/mol. The van der Waals surface area contributed by atoms with Crippen molar-refractivity contribution in [2.24, 2.45) is 5.41 Å². The van der Waals surface area contributed by atoms with Crippen molar-refractivity contribution in [2.45, 2.75) is 31.2 Å². The second-order valence-corrected chi connectivity index (χ2v) is 9.22. The lowest BCUT2D eigenvalue weighted by Crippen LogP contribution is -2.75. The van der Waals surface area contributed by atoms with Crippen LogP contribution in [-0.2, 0) is 4.79 Å². The highest BCUT2D eigenvalue weighted by molar-refractivity contribution is 6.30. The number of Topliss-reactive ketones (excluding diaryl/α,β-unsaturated/α-hetero) is 1. The van der Waals surface area contributed by atoms with Gasteiger partial charge in [0.2, 0.25) is 0 Å². The number of rotatable bonds is 8. The van der Waals surface area contributed by atoms with E-state index in [9.17, 15) is 14.0 Å². The van der Waals surface area contributed by atoms with Gasteiger partial charge < -0.3 is 10.1 Å². The molecule has 6 nitrogen and oxygen atoms in total. The summed E-state index contributed by atoms with van der Waals surface area (Å²) in [6.07, 6.45) is 6.19. The Morgan fingerprint density at radius 2 is 1.94 bits per heavy atom. The molecule has 3 aromatic rings. The molecule has 3 aliphatic carbocycles. The molecule has 0 radical (unpaired) electrons.